The molecule has 0 aliphatic carbocycles. The van der Waals surface area contributed by atoms with Crippen molar-refractivity contribution < 1.29 is 9.13 Å². The van der Waals surface area contributed by atoms with Crippen LogP contribution in [-0.2, 0) is 0 Å². The normalized spacial score (nSPS) is 19.1. The zero-order valence-electron chi connectivity index (χ0n) is 11.2. The molecule has 2 N–H and O–H groups in total. The van der Waals surface area contributed by atoms with Crippen molar-refractivity contribution in [2.75, 3.05) is 5.75 Å². The molecule has 2 nitrogen and oxygen atoms in total. The van der Waals surface area contributed by atoms with Crippen LogP contribution in [0.15, 0.2) is 47.4 Å². The monoisotopic (exact) mass is 289 g/mol. The molecule has 0 radical (unpaired) electrons. The van der Waals surface area contributed by atoms with Gasteiger partial charge in [-0.25, -0.2) is 4.39 Å². The molecule has 0 fully saturated rings. The van der Waals surface area contributed by atoms with Crippen LogP contribution in [0.3, 0.4) is 0 Å². The summed E-state index contributed by atoms with van der Waals surface area (Å²) >= 11 is 1.70. The molecule has 3 rings (SSSR count). The zero-order chi connectivity index (χ0) is 14.1. The van der Waals surface area contributed by atoms with Crippen LogP contribution < -0.4 is 10.5 Å². The fourth-order valence-corrected chi connectivity index (χ4v) is 3.38. The molecule has 2 unspecified atom stereocenters. The van der Waals surface area contributed by atoms with Gasteiger partial charge in [0.05, 0.1) is 6.04 Å². The number of para-hydroxylation sites is 1. The van der Waals surface area contributed by atoms with Crippen LogP contribution in [0.1, 0.15) is 17.2 Å². The summed E-state index contributed by atoms with van der Waals surface area (Å²) in [6.45, 7) is 1.93. The molecule has 2 aromatic rings. The summed E-state index contributed by atoms with van der Waals surface area (Å²) in [7, 11) is 0. The zero-order valence-corrected chi connectivity index (χ0v) is 12.0. The van der Waals surface area contributed by atoms with Crippen LogP contribution in [-0.4, -0.2) is 11.9 Å². The number of thioether (sulfide) groups is 1. The van der Waals surface area contributed by atoms with E-state index in [1.54, 1.807) is 23.9 Å². The third kappa shape index (κ3) is 2.53. The summed E-state index contributed by atoms with van der Waals surface area (Å²) in [6.07, 6.45) is -0.216. The SMILES string of the molecule is Cc1ccc(F)c(C(N)C2CSc3ccccc3O2)c1. The maximum absolute atomic E-state index is 13.9. The van der Waals surface area contributed by atoms with Crippen molar-refractivity contribution in [3.63, 3.8) is 0 Å². The highest BCUT2D eigenvalue weighted by Gasteiger charge is 2.28. The molecule has 1 aliphatic rings. The van der Waals surface area contributed by atoms with Gasteiger partial charge in [-0.15, -0.1) is 11.8 Å². The first kappa shape index (κ1) is 13.5. The average molecular weight is 289 g/mol. The van der Waals surface area contributed by atoms with Crippen molar-refractivity contribution in [3.05, 3.63) is 59.4 Å². The van der Waals surface area contributed by atoms with Gasteiger partial charge in [-0.3, -0.25) is 0 Å². The Morgan fingerprint density at radius 1 is 1.30 bits per heavy atom. The van der Waals surface area contributed by atoms with E-state index in [1.165, 1.54) is 6.07 Å². The first-order chi connectivity index (χ1) is 9.65. The number of rotatable bonds is 2. The van der Waals surface area contributed by atoms with Gasteiger partial charge in [0, 0.05) is 16.2 Å². The molecule has 4 heteroatoms. The van der Waals surface area contributed by atoms with Gasteiger partial charge in [0.15, 0.2) is 0 Å². The largest absolute Gasteiger partial charge is 0.486 e. The van der Waals surface area contributed by atoms with Crippen LogP contribution in [0.5, 0.6) is 5.75 Å². The highest BCUT2D eigenvalue weighted by molar-refractivity contribution is 7.99. The second-order valence-electron chi connectivity index (χ2n) is 4.96. The van der Waals surface area contributed by atoms with E-state index in [1.807, 2.05) is 31.2 Å². The number of hydrogen-bond donors (Lipinski definition) is 1. The van der Waals surface area contributed by atoms with Crippen LogP contribution >= 0.6 is 11.8 Å². The number of ether oxygens (including phenoxy) is 1. The topological polar surface area (TPSA) is 35.2 Å². The Kier molecular flexibility index (Phi) is 3.68. The van der Waals surface area contributed by atoms with Gasteiger partial charge in [-0.2, -0.15) is 0 Å². The van der Waals surface area contributed by atoms with Crippen molar-refractivity contribution in [1.82, 2.24) is 0 Å². The number of benzene rings is 2. The molecule has 0 aromatic heterocycles. The summed E-state index contributed by atoms with van der Waals surface area (Å²) in [4.78, 5) is 1.11. The van der Waals surface area contributed by atoms with E-state index in [2.05, 4.69) is 0 Å². The maximum Gasteiger partial charge on any atom is 0.133 e. The Labute approximate surface area is 122 Å². The van der Waals surface area contributed by atoms with Crippen molar-refractivity contribution in [2.24, 2.45) is 5.73 Å². The van der Waals surface area contributed by atoms with Crippen molar-refractivity contribution in [3.8, 4) is 5.75 Å². The lowest BCUT2D eigenvalue weighted by Gasteiger charge is -2.30. The third-order valence-corrected chi connectivity index (χ3v) is 4.59. The third-order valence-electron chi connectivity index (χ3n) is 3.44. The Bertz CT molecular complexity index is 632. The Hall–Kier alpha value is -1.52. The number of aryl methyl sites for hydroxylation is 1. The summed E-state index contributed by atoms with van der Waals surface area (Å²) in [6, 6.07) is 12.4. The molecule has 104 valence electrons. The summed E-state index contributed by atoms with van der Waals surface area (Å²) < 4.78 is 19.9. The number of halogens is 1. The van der Waals surface area contributed by atoms with E-state index in [-0.39, 0.29) is 11.9 Å². The predicted octanol–water partition coefficient (Wildman–Crippen LogP) is 3.69. The molecular formula is C16H16FNOS. The Morgan fingerprint density at radius 3 is 2.95 bits per heavy atom. The fourth-order valence-electron chi connectivity index (χ4n) is 2.33. The Balaban J connectivity index is 1.85. The van der Waals surface area contributed by atoms with Gasteiger partial charge in [0.1, 0.15) is 17.7 Å². The molecule has 1 aliphatic heterocycles. The van der Waals surface area contributed by atoms with E-state index < -0.39 is 6.04 Å². The van der Waals surface area contributed by atoms with Gasteiger partial charge in [0.25, 0.3) is 0 Å². The highest BCUT2D eigenvalue weighted by atomic mass is 32.2. The van der Waals surface area contributed by atoms with Crippen LogP contribution in [0.25, 0.3) is 0 Å². The molecular weight excluding hydrogens is 273 g/mol. The number of hydrogen-bond acceptors (Lipinski definition) is 3. The van der Waals surface area contributed by atoms with Gasteiger partial charge in [-0.05, 0) is 25.1 Å². The van der Waals surface area contributed by atoms with Gasteiger partial charge < -0.3 is 10.5 Å². The smallest absolute Gasteiger partial charge is 0.133 e. The van der Waals surface area contributed by atoms with E-state index in [9.17, 15) is 4.39 Å². The minimum absolute atomic E-state index is 0.216. The van der Waals surface area contributed by atoms with Crippen LogP contribution in [0, 0.1) is 12.7 Å². The summed E-state index contributed by atoms with van der Waals surface area (Å²) in [5, 5.41) is 0. The van der Waals surface area contributed by atoms with E-state index in [0.717, 1.165) is 22.0 Å². The van der Waals surface area contributed by atoms with Gasteiger partial charge >= 0.3 is 0 Å². The molecule has 0 bridgehead atoms. The second kappa shape index (κ2) is 5.46. The van der Waals surface area contributed by atoms with Crippen molar-refractivity contribution >= 4 is 11.8 Å². The molecule has 0 spiro atoms. The first-order valence-corrected chi connectivity index (χ1v) is 7.54. The lowest BCUT2D eigenvalue weighted by Crippen LogP contribution is -2.36. The quantitative estimate of drug-likeness (QED) is 0.916. The lowest BCUT2D eigenvalue weighted by molar-refractivity contribution is 0.183. The Morgan fingerprint density at radius 2 is 2.10 bits per heavy atom. The van der Waals surface area contributed by atoms with Gasteiger partial charge in [-0.1, -0.05) is 29.8 Å². The summed E-state index contributed by atoms with van der Waals surface area (Å²) in [5.74, 6) is 1.29. The van der Waals surface area contributed by atoms with E-state index in [4.69, 9.17) is 10.5 Å². The summed E-state index contributed by atoms with van der Waals surface area (Å²) in [5.41, 5.74) is 7.74. The molecule has 0 saturated carbocycles. The maximum atomic E-state index is 13.9. The van der Waals surface area contributed by atoms with E-state index in [0.29, 0.717) is 5.56 Å². The van der Waals surface area contributed by atoms with Crippen molar-refractivity contribution in [2.45, 2.75) is 24.0 Å². The predicted molar refractivity (Wildman–Crippen MR) is 79.6 cm³/mol. The van der Waals surface area contributed by atoms with Crippen molar-refractivity contribution in [1.29, 1.82) is 0 Å². The molecule has 0 amide bonds. The highest BCUT2D eigenvalue weighted by Crippen LogP contribution is 2.38. The lowest BCUT2D eigenvalue weighted by atomic mass is 10.0. The standard InChI is InChI=1S/C16H16FNOS/c1-10-6-7-12(17)11(8-10)16(18)14-9-20-15-5-3-2-4-13(15)19-14/h2-8,14,16H,9,18H2,1H3. The average Bonchev–Trinajstić information content (AvgIpc) is 2.48. The number of nitrogens with two attached hydrogens (primary N) is 1. The molecule has 20 heavy (non-hydrogen) atoms. The molecule has 2 aromatic carbocycles. The molecule has 1 heterocycles. The van der Waals surface area contributed by atoms with E-state index >= 15 is 0 Å². The fraction of sp³-hybridized carbons (Fsp3) is 0.250. The molecule has 0 saturated heterocycles. The van der Waals surface area contributed by atoms with Crippen LogP contribution in [0.2, 0.25) is 0 Å². The minimum atomic E-state index is -0.462. The minimum Gasteiger partial charge on any atom is -0.486 e. The second-order valence-corrected chi connectivity index (χ2v) is 6.03. The van der Waals surface area contributed by atoms with Crippen LogP contribution in [0.4, 0.5) is 4.39 Å². The molecule has 2 atom stereocenters. The van der Waals surface area contributed by atoms with Gasteiger partial charge in [0.2, 0.25) is 0 Å². The first-order valence-electron chi connectivity index (χ1n) is 6.55. The number of fused-ring (bicyclic) bond motifs is 1.